The molecule has 2 aliphatic rings. The molecule has 3 heterocycles. The van der Waals surface area contributed by atoms with Crippen LogP contribution in [0.2, 0.25) is 4.34 Å². The van der Waals surface area contributed by atoms with Crippen molar-refractivity contribution in [1.29, 1.82) is 0 Å². The summed E-state index contributed by atoms with van der Waals surface area (Å²) in [5.41, 5.74) is 9.07. The maximum Gasteiger partial charge on any atom is 0.414 e. The van der Waals surface area contributed by atoms with Crippen molar-refractivity contribution in [3.05, 3.63) is 57.8 Å². The number of anilines is 2. The van der Waals surface area contributed by atoms with E-state index in [1.165, 1.54) is 11.3 Å². The Balaban J connectivity index is 1.43. The fourth-order valence-electron chi connectivity index (χ4n) is 3.94. The second-order valence-electron chi connectivity index (χ2n) is 7.73. The smallest absolute Gasteiger partial charge is 0.414 e. The van der Waals surface area contributed by atoms with Gasteiger partial charge in [-0.25, -0.2) is 4.79 Å². The van der Waals surface area contributed by atoms with Crippen LogP contribution < -0.4 is 20.9 Å². The third-order valence-corrected chi connectivity index (χ3v) is 6.70. The first-order valence-electron chi connectivity index (χ1n) is 10.2. The minimum atomic E-state index is -0.425. The molecule has 31 heavy (non-hydrogen) atoms. The lowest BCUT2D eigenvalue weighted by molar-refractivity contribution is 0.0920. The molecular weight excluding hydrogens is 436 g/mol. The summed E-state index contributed by atoms with van der Waals surface area (Å²) >= 11 is 7.09. The molecule has 2 aromatic rings. The number of hydrogen-bond donors (Lipinski definition) is 2. The first-order chi connectivity index (χ1) is 14.9. The Morgan fingerprint density at radius 2 is 2.19 bits per heavy atom. The standard InChI is InChI=1S/C22H25ClN4O3S/c1-2-3-14-10-16(4-5-18(14)26-9-8-15(24)12-26)27-13-17(30-22(27)29)11-25-21(28)19-6-7-20(23)31-19/h2,4-7,10,15,17H,1,3,8-9,11-13,24H2,(H,25,28). The van der Waals surface area contributed by atoms with Gasteiger partial charge >= 0.3 is 6.09 Å². The van der Waals surface area contributed by atoms with Gasteiger partial charge in [0.2, 0.25) is 0 Å². The maximum atomic E-state index is 12.5. The second kappa shape index (κ2) is 9.30. The predicted octanol–water partition coefficient (Wildman–Crippen LogP) is 3.42. The van der Waals surface area contributed by atoms with Crippen LogP contribution in [0.3, 0.4) is 0 Å². The molecule has 9 heteroatoms. The number of allylic oxidation sites excluding steroid dienone is 1. The van der Waals surface area contributed by atoms with Crippen LogP contribution in [0.1, 0.15) is 21.7 Å². The molecule has 1 aromatic heterocycles. The van der Waals surface area contributed by atoms with Crippen LogP contribution in [0.5, 0.6) is 0 Å². The highest BCUT2D eigenvalue weighted by Gasteiger charge is 2.33. The van der Waals surface area contributed by atoms with Crippen LogP contribution in [-0.4, -0.2) is 50.3 Å². The Bertz CT molecular complexity index is 995. The lowest BCUT2D eigenvalue weighted by Crippen LogP contribution is -2.34. The van der Waals surface area contributed by atoms with Crippen molar-refractivity contribution in [2.24, 2.45) is 5.73 Å². The molecule has 2 amide bonds. The van der Waals surface area contributed by atoms with Crippen molar-refractivity contribution in [2.45, 2.75) is 25.0 Å². The van der Waals surface area contributed by atoms with Gasteiger partial charge in [0.15, 0.2) is 0 Å². The molecule has 7 nitrogen and oxygen atoms in total. The number of benzene rings is 1. The topological polar surface area (TPSA) is 87.9 Å². The quantitative estimate of drug-likeness (QED) is 0.618. The normalized spacial score (nSPS) is 20.8. The van der Waals surface area contributed by atoms with Crippen molar-refractivity contribution in [1.82, 2.24) is 5.32 Å². The number of carbonyl (C=O) groups excluding carboxylic acids is 2. The van der Waals surface area contributed by atoms with Gasteiger partial charge in [-0.05, 0) is 48.7 Å². The lowest BCUT2D eigenvalue weighted by Gasteiger charge is -2.23. The van der Waals surface area contributed by atoms with Crippen molar-refractivity contribution in [2.75, 3.05) is 36.0 Å². The monoisotopic (exact) mass is 460 g/mol. The van der Waals surface area contributed by atoms with Crippen LogP contribution in [0, 0.1) is 0 Å². The van der Waals surface area contributed by atoms with Crippen LogP contribution in [0.4, 0.5) is 16.2 Å². The summed E-state index contributed by atoms with van der Waals surface area (Å²) in [6.07, 6.45) is 2.68. The van der Waals surface area contributed by atoms with Crippen LogP contribution in [-0.2, 0) is 11.2 Å². The summed E-state index contributed by atoms with van der Waals surface area (Å²) in [5.74, 6) is -0.229. The summed E-state index contributed by atoms with van der Waals surface area (Å²) in [6.45, 7) is 6.22. The zero-order valence-electron chi connectivity index (χ0n) is 17.1. The van der Waals surface area contributed by atoms with Crippen molar-refractivity contribution in [3.63, 3.8) is 0 Å². The van der Waals surface area contributed by atoms with E-state index in [2.05, 4.69) is 16.8 Å². The Labute approximate surface area is 190 Å². The fourth-order valence-corrected chi connectivity index (χ4v) is 4.90. The van der Waals surface area contributed by atoms with E-state index in [0.29, 0.717) is 22.2 Å². The molecule has 0 saturated carbocycles. The Hall–Kier alpha value is -2.55. The third-order valence-electron chi connectivity index (χ3n) is 5.47. The summed E-state index contributed by atoms with van der Waals surface area (Å²) in [7, 11) is 0. The molecule has 1 aromatic carbocycles. The Morgan fingerprint density at radius 3 is 2.87 bits per heavy atom. The number of nitrogens with zero attached hydrogens (tertiary/aromatic N) is 2. The number of thiophene rings is 1. The number of hydrogen-bond acceptors (Lipinski definition) is 6. The molecule has 0 radical (unpaired) electrons. The number of nitrogens with two attached hydrogens (primary N) is 1. The van der Waals surface area contributed by atoms with Gasteiger partial charge in [-0.15, -0.1) is 17.9 Å². The van der Waals surface area contributed by atoms with Gasteiger partial charge in [-0.1, -0.05) is 17.7 Å². The molecule has 0 bridgehead atoms. The summed E-state index contributed by atoms with van der Waals surface area (Å²) in [5, 5.41) is 2.81. The van der Waals surface area contributed by atoms with Gasteiger partial charge in [0.05, 0.1) is 22.3 Å². The molecule has 164 valence electrons. The van der Waals surface area contributed by atoms with Gasteiger partial charge < -0.3 is 20.7 Å². The second-order valence-corrected chi connectivity index (χ2v) is 9.45. The highest BCUT2D eigenvalue weighted by Crippen LogP contribution is 2.31. The Morgan fingerprint density at radius 1 is 1.35 bits per heavy atom. The van der Waals surface area contributed by atoms with Gasteiger partial charge in [0.1, 0.15) is 6.10 Å². The van der Waals surface area contributed by atoms with E-state index in [-0.39, 0.29) is 18.5 Å². The Kier molecular flexibility index (Phi) is 6.50. The van der Waals surface area contributed by atoms with E-state index < -0.39 is 12.2 Å². The number of rotatable bonds is 7. The number of carbonyl (C=O) groups is 2. The van der Waals surface area contributed by atoms with E-state index in [0.717, 1.165) is 36.4 Å². The fraction of sp³-hybridized carbons (Fsp3) is 0.364. The van der Waals surface area contributed by atoms with Gasteiger partial charge in [-0.2, -0.15) is 0 Å². The number of ether oxygens (including phenoxy) is 1. The molecule has 2 atom stereocenters. The highest BCUT2D eigenvalue weighted by atomic mass is 35.5. The average molecular weight is 461 g/mol. The molecule has 0 spiro atoms. The number of cyclic esters (lactones) is 1. The summed E-state index contributed by atoms with van der Waals surface area (Å²) in [4.78, 5) is 29.1. The molecule has 2 fully saturated rings. The first kappa shape index (κ1) is 21.7. The molecule has 2 unspecified atom stereocenters. The highest BCUT2D eigenvalue weighted by molar-refractivity contribution is 7.18. The van der Waals surface area contributed by atoms with E-state index >= 15 is 0 Å². The number of nitrogens with one attached hydrogen (secondary N) is 1. The zero-order chi connectivity index (χ0) is 22.0. The van der Waals surface area contributed by atoms with Crippen molar-refractivity contribution in [3.8, 4) is 0 Å². The molecule has 3 N–H and O–H groups in total. The minimum Gasteiger partial charge on any atom is -0.442 e. The maximum absolute atomic E-state index is 12.5. The van der Waals surface area contributed by atoms with E-state index in [9.17, 15) is 9.59 Å². The number of halogens is 1. The van der Waals surface area contributed by atoms with Gasteiger partial charge in [0.25, 0.3) is 5.91 Å². The lowest BCUT2D eigenvalue weighted by atomic mass is 10.1. The molecule has 2 aliphatic heterocycles. The molecule has 4 rings (SSSR count). The summed E-state index contributed by atoms with van der Waals surface area (Å²) in [6, 6.07) is 9.52. The van der Waals surface area contributed by atoms with Crippen LogP contribution >= 0.6 is 22.9 Å². The van der Waals surface area contributed by atoms with Crippen molar-refractivity contribution < 1.29 is 14.3 Å². The first-order valence-corrected chi connectivity index (χ1v) is 11.4. The zero-order valence-corrected chi connectivity index (χ0v) is 18.6. The van der Waals surface area contributed by atoms with E-state index in [1.807, 2.05) is 24.3 Å². The SMILES string of the molecule is C=CCc1cc(N2CC(CNC(=O)c3ccc(Cl)s3)OC2=O)ccc1N1CCC(N)C1. The molecule has 2 saturated heterocycles. The predicted molar refractivity (Wildman–Crippen MR) is 124 cm³/mol. The third kappa shape index (κ3) is 4.87. The van der Waals surface area contributed by atoms with E-state index in [1.54, 1.807) is 17.0 Å². The van der Waals surface area contributed by atoms with E-state index in [4.69, 9.17) is 22.1 Å². The average Bonchev–Trinajstić information content (AvgIpc) is 3.46. The summed E-state index contributed by atoms with van der Waals surface area (Å²) < 4.78 is 6.02. The minimum absolute atomic E-state index is 0.186. The van der Waals surface area contributed by atoms with Gasteiger partial charge in [-0.3, -0.25) is 9.69 Å². The molecule has 0 aliphatic carbocycles. The van der Waals surface area contributed by atoms with Crippen LogP contribution in [0.15, 0.2) is 43.0 Å². The van der Waals surface area contributed by atoms with Gasteiger partial charge in [0, 0.05) is 30.5 Å². The van der Waals surface area contributed by atoms with Crippen molar-refractivity contribution >= 4 is 46.3 Å². The largest absolute Gasteiger partial charge is 0.442 e. The number of amides is 2. The van der Waals surface area contributed by atoms with Crippen LogP contribution in [0.25, 0.3) is 0 Å². The molecular formula is C22H25ClN4O3S.